The van der Waals surface area contributed by atoms with Crippen molar-refractivity contribution in [2.24, 2.45) is 0 Å². The second kappa shape index (κ2) is 4.89. The molecule has 0 amide bonds. The summed E-state index contributed by atoms with van der Waals surface area (Å²) in [5.41, 5.74) is -0.819. The van der Waals surface area contributed by atoms with Crippen LogP contribution in [0.2, 0.25) is 0 Å². The molecule has 20 heavy (non-hydrogen) atoms. The maximum Gasteiger partial charge on any atom is 0.335 e. The third-order valence-electron chi connectivity index (χ3n) is 2.22. The fraction of sp³-hybridized carbons (Fsp3) is 0. The number of hydrogen-bond donors (Lipinski definition) is 2. The van der Waals surface area contributed by atoms with E-state index in [9.17, 15) is 22.0 Å². The minimum atomic E-state index is -4.52. The van der Waals surface area contributed by atoms with Crippen LogP contribution < -0.4 is 4.72 Å². The van der Waals surface area contributed by atoms with Crippen molar-refractivity contribution in [2.45, 2.75) is 4.90 Å². The Labute approximate surface area is 110 Å². The number of anilines is 1. The van der Waals surface area contributed by atoms with E-state index in [2.05, 4.69) is 9.68 Å². The molecule has 0 fully saturated rings. The molecule has 0 unspecified atom stereocenters. The molecule has 2 aromatic rings. The molecule has 1 heterocycles. The zero-order valence-electron chi connectivity index (χ0n) is 9.50. The highest BCUT2D eigenvalue weighted by Gasteiger charge is 2.25. The Kier molecular flexibility index (Phi) is 3.40. The predicted molar refractivity (Wildman–Crippen MR) is 60.6 cm³/mol. The number of rotatable bonds is 4. The Morgan fingerprint density at radius 3 is 2.60 bits per heavy atom. The van der Waals surface area contributed by atoms with Crippen LogP contribution in [0.15, 0.2) is 34.0 Å². The molecule has 0 atom stereocenters. The number of hydrogen-bond acceptors (Lipinski definition) is 5. The molecule has 0 saturated heterocycles. The number of carbonyl (C=O) groups is 1. The van der Waals surface area contributed by atoms with Gasteiger partial charge >= 0.3 is 5.97 Å². The lowest BCUT2D eigenvalue weighted by molar-refractivity contribution is 0.0696. The second-order valence-electron chi connectivity index (χ2n) is 3.59. The van der Waals surface area contributed by atoms with Gasteiger partial charge in [-0.1, -0.05) is 5.16 Å². The summed E-state index contributed by atoms with van der Waals surface area (Å²) in [6.07, 6.45) is 1.92. The SMILES string of the molecule is O=C(O)c1cc(F)c(F)c(S(=O)(=O)Nc2cnoc2)c1. The molecule has 0 radical (unpaired) electrons. The largest absolute Gasteiger partial charge is 0.478 e. The Hall–Kier alpha value is -2.49. The second-order valence-corrected chi connectivity index (χ2v) is 5.24. The first-order valence-electron chi connectivity index (χ1n) is 4.96. The molecule has 7 nitrogen and oxygen atoms in total. The lowest BCUT2D eigenvalue weighted by Gasteiger charge is -2.08. The van der Waals surface area contributed by atoms with E-state index in [4.69, 9.17) is 5.11 Å². The highest BCUT2D eigenvalue weighted by molar-refractivity contribution is 7.92. The number of halogens is 2. The topological polar surface area (TPSA) is 110 Å². The van der Waals surface area contributed by atoms with E-state index in [1.165, 1.54) is 0 Å². The first kappa shape index (κ1) is 13.9. The number of aromatic carboxylic acids is 1. The molecule has 1 aromatic heterocycles. The van der Waals surface area contributed by atoms with Crippen LogP contribution in [0.4, 0.5) is 14.5 Å². The quantitative estimate of drug-likeness (QED) is 0.884. The Morgan fingerprint density at radius 1 is 1.35 bits per heavy atom. The maximum absolute atomic E-state index is 13.5. The average molecular weight is 304 g/mol. The molecule has 2 rings (SSSR count). The zero-order valence-corrected chi connectivity index (χ0v) is 10.3. The minimum absolute atomic E-state index is 0.120. The number of sulfonamides is 1. The summed E-state index contributed by atoms with van der Waals surface area (Å²) in [5, 5.41) is 11.9. The summed E-state index contributed by atoms with van der Waals surface area (Å²) in [4.78, 5) is 9.60. The average Bonchev–Trinajstić information content (AvgIpc) is 2.83. The van der Waals surface area contributed by atoms with E-state index in [-0.39, 0.29) is 5.69 Å². The van der Waals surface area contributed by atoms with Crippen molar-refractivity contribution < 1.29 is 31.6 Å². The molecule has 1 aromatic carbocycles. The van der Waals surface area contributed by atoms with Gasteiger partial charge in [-0.15, -0.1) is 0 Å². The molecular weight excluding hydrogens is 298 g/mol. The Bertz CT molecular complexity index is 758. The smallest absolute Gasteiger partial charge is 0.335 e. The number of carboxylic acid groups (broad SMARTS) is 1. The van der Waals surface area contributed by atoms with E-state index in [1.807, 2.05) is 4.72 Å². The number of benzene rings is 1. The monoisotopic (exact) mass is 304 g/mol. The molecule has 0 aliphatic rings. The summed E-state index contributed by atoms with van der Waals surface area (Å²) in [5.74, 6) is -4.86. The number of aromatic nitrogens is 1. The zero-order chi connectivity index (χ0) is 14.9. The summed E-state index contributed by atoms with van der Waals surface area (Å²) in [7, 11) is -4.52. The van der Waals surface area contributed by atoms with E-state index in [0.717, 1.165) is 12.5 Å². The van der Waals surface area contributed by atoms with Gasteiger partial charge in [0.25, 0.3) is 10.0 Å². The van der Waals surface area contributed by atoms with Crippen molar-refractivity contribution in [1.29, 1.82) is 0 Å². The minimum Gasteiger partial charge on any atom is -0.478 e. The van der Waals surface area contributed by atoms with E-state index >= 15 is 0 Å². The Balaban J connectivity index is 2.53. The van der Waals surface area contributed by atoms with Gasteiger partial charge in [-0.3, -0.25) is 4.72 Å². The standard InChI is InChI=1S/C10H6F2N2O5S/c11-7-1-5(10(15)16)2-8(9(7)12)20(17,18)14-6-3-13-19-4-6/h1-4,14H,(H,15,16). The van der Waals surface area contributed by atoms with Crippen molar-refractivity contribution in [3.63, 3.8) is 0 Å². The third-order valence-corrected chi connectivity index (χ3v) is 3.60. The van der Waals surface area contributed by atoms with Crippen LogP contribution in [0.3, 0.4) is 0 Å². The number of carboxylic acids is 1. The lowest BCUT2D eigenvalue weighted by atomic mass is 10.2. The van der Waals surface area contributed by atoms with Gasteiger partial charge in [0.15, 0.2) is 11.6 Å². The molecule has 0 spiro atoms. The molecule has 2 N–H and O–H groups in total. The third kappa shape index (κ3) is 2.59. The van der Waals surface area contributed by atoms with Crippen molar-refractivity contribution in [1.82, 2.24) is 5.16 Å². The summed E-state index contributed by atoms with van der Waals surface area (Å²) in [6, 6.07) is 0.896. The number of nitrogens with one attached hydrogen (secondary N) is 1. The van der Waals surface area contributed by atoms with E-state index in [1.54, 1.807) is 0 Å². The summed E-state index contributed by atoms with van der Waals surface area (Å²) >= 11 is 0. The molecule has 10 heteroatoms. The van der Waals surface area contributed by atoms with E-state index < -0.39 is 38.1 Å². The van der Waals surface area contributed by atoms with Crippen LogP contribution >= 0.6 is 0 Å². The molecule has 0 bridgehead atoms. The van der Waals surface area contributed by atoms with Crippen molar-refractivity contribution in [3.8, 4) is 0 Å². The molecule has 106 valence electrons. The highest BCUT2D eigenvalue weighted by atomic mass is 32.2. The van der Waals surface area contributed by atoms with Crippen LogP contribution in [0.1, 0.15) is 10.4 Å². The van der Waals surface area contributed by atoms with Crippen LogP contribution in [-0.2, 0) is 10.0 Å². The van der Waals surface area contributed by atoms with Gasteiger partial charge in [0.2, 0.25) is 0 Å². The Morgan fingerprint density at radius 2 is 2.05 bits per heavy atom. The van der Waals surface area contributed by atoms with Crippen molar-refractivity contribution in [3.05, 3.63) is 41.8 Å². The van der Waals surface area contributed by atoms with Crippen LogP contribution in [0.5, 0.6) is 0 Å². The van der Waals surface area contributed by atoms with Gasteiger partial charge in [-0.2, -0.15) is 0 Å². The first-order chi connectivity index (χ1) is 9.31. The van der Waals surface area contributed by atoms with Gasteiger partial charge in [0.05, 0.1) is 11.8 Å². The summed E-state index contributed by atoms with van der Waals surface area (Å²) < 4.78 is 56.8. The summed E-state index contributed by atoms with van der Waals surface area (Å²) in [6.45, 7) is 0. The van der Waals surface area contributed by atoms with Gasteiger partial charge in [0.1, 0.15) is 16.8 Å². The van der Waals surface area contributed by atoms with Gasteiger partial charge in [-0.25, -0.2) is 22.0 Å². The normalized spacial score (nSPS) is 11.3. The van der Waals surface area contributed by atoms with Crippen LogP contribution in [0, 0.1) is 11.6 Å². The van der Waals surface area contributed by atoms with Crippen molar-refractivity contribution in [2.75, 3.05) is 4.72 Å². The molecule has 0 saturated carbocycles. The predicted octanol–water partition coefficient (Wildman–Crippen LogP) is 1.45. The highest BCUT2D eigenvalue weighted by Crippen LogP contribution is 2.22. The first-order valence-corrected chi connectivity index (χ1v) is 6.44. The van der Waals surface area contributed by atoms with Gasteiger partial charge in [-0.05, 0) is 12.1 Å². The van der Waals surface area contributed by atoms with Crippen molar-refractivity contribution >= 4 is 21.7 Å². The van der Waals surface area contributed by atoms with E-state index in [0.29, 0.717) is 12.1 Å². The maximum atomic E-state index is 13.5. The molecule has 0 aliphatic carbocycles. The van der Waals surface area contributed by atoms with Crippen LogP contribution in [0.25, 0.3) is 0 Å². The van der Waals surface area contributed by atoms with Gasteiger partial charge in [0, 0.05) is 0 Å². The van der Waals surface area contributed by atoms with Crippen LogP contribution in [-0.4, -0.2) is 24.7 Å². The fourth-order valence-electron chi connectivity index (χ4n) is 1.35. The number of nitrogens with zero attached hydrogens (tertiary/aromatic N) is 1. The molecule has 0 aliphatic heterocycles. The fourth-order valence-corrected chi connectivity index (χ4v) is 2.48. The van der Waals surface area contributed by atoms with Gasteiger partial charge < -0.3 is 9.63 Å². The lowest BCUT2D eigenvalue weighted by Crippen LogP contribution is -2.16. The molecular formula is C10H6F2N2O5S.